The summed E-state index contributed by atoms with van der Waals surface area (Å²) in [6.07, 6.45) is 6.51. The van der Waals surface area contributed by atoms with E-state index in [0.717, 1.165) is 11.3 Å². The summed E-state index contributed by atoms with van der Waals surface area (Å²) in [6.45, 7) is 2.08. The van der Waals surface area contributed by atoms with E-state index in [2.05, 4.69) is 34.6 Å². The Morgan fingerprint density at radius 2 is 2.33 bits per heavy atom. The van der Waals surface area contributed by atoms with Crippen molar-refractivity contribution in [3.05, 3.63) is 35.8 Å². The second-order valence-corrected chi connectivity index (χ2v) is 4.48. The maximum Gasteiger partial charge on any atom is 0.137 e. The molecule has 3 nitrogen and oxygen atoms in total. The highest BCUT2D eigenvalue weighted by molar-refractivity contribution is 5.43. The van der Waals surface area contributed by atoms with E-state index in [4.69, 9.17) is 5.73 Å². The third kappa shape index (κ3) is 1.43. The molecule has 0 spiro atoms. The van der Waals surface area contributed by atoms with Crippen LogP contribution in [0, 0.1) is 12.8 Å². The standard InChI is InChI=1S/C12H15N3/c1-8-4-5-15-10(7-14-11(15)6-8)12(13)9-2-3-9/h4-7,9,12H,2-3,13H2,1H3. The average molecular weight is 201 g/mol. The van der Waals surface area contributed by atoms with Gasteiger partial charge in [-0.25, -0.2) is 4.98 Å². The van der Waals surface area contributed by atoms with Crippen LogP contribution in [0.15, 0.2) is 24.5 Å². The minimum Gasteiger partial charge on any atom is -0.322 e. The number of nitrogens with two attached hydrogens (primary N) is 1. The predicted octanol–water partition coefficient (Wildman–Crippen LogP) is 2.05. The smallest absolute Gasteiger partial charge is 0.137 e. The van der Waals surface area contributed by atoms with Crippen molar-refractivity contribution >= 4 is 5.65 Å². The number of aryl methyl sites for hydroxylation is 1. The van der Waals surface area contributed by atoms with Crippen LogP contribution in [0.2, 0.25) is 0 Å². The Labute approximate surface area is 88.9 Å². The fraction of sp³-hybridized carbons (Fsp3) is 0.417. The first-order valence-corrected chi connectivity index (χ1v) is 5.45. The Morgan fingerprint density at radius 1 is 1.53 bits per heavy atom. The zero-order chi connectivity index (χ0) is 10.4. The summed E-state index contributed by atoms with van der Waals surface area (Å²) in [5.74, 6) is 0.672. The normalized spacial score (nSPS) is 18.3. The summed E-state index contributed by atoms with van der Waals surface area (Å²) in [5, 5.41) is 0. The molecule has 3 rings (SSSR count). The van der Waals surface area contributed by atoms with Crippen LogP contribution in [0.1, 0.15) is 30.1 Å². The number of imidazole rings is 1. The summed E-state index contributed by atoms with van der Waals surface area (Å²) in [6, 6.07) is 4.34. The van der Waals surface area contributed by atoms with E-state index in [9.17, 15) is 0 Å². The van der Waals surface area contributed by atoms with Gasteiger partial charge in [0.1, 0.15) is 5.65 Å². The molecular weight excluding hydrogens is 186 g/mol. The van der Waals surface area contributed by atoms with Gasteiger partial charge in [-0.2, -0.15) is 0 Å². The van der Waals surface area contributed by atoms with Gasteiger partial charge in [-0.1, -0.05) is 0 Å². The van der Waals surface area contributed by atoms with Crippen molar-refractivity contribution < 1.29 is 0 Å². The Kier molecular flexibility index (Phi) is 1.83. The van der Waals surface area contributed by atoms with Crippen LogP contribution >= 0.6 is 0 Å². The molecule has 2 aromatic rings. The minimum absolute atomic E-state index is 0.155. The van der Waals surface area contributed by atoms with Crippen molar-refractivity contribution in [2.75, 3.05) is 0 Å². The maximum atomic E-state index is 6.19. The van der Waals surface area contributed by atoms with Crippen molar-refractivity contribution in [1.82, 2.24) is 9.38 Å². The van der Waals surface area contributed by atoms with Gasteiger partial charge in [-0.05, 0) is 43.4 Å². The SMILES string of the molecule is Cc1ccn2c(C(N)C3CC3)cnc2c1. The highest BCUT2D eigenvalue weighted by Crippen LogP contribution is 2.39. The molecule has 0 amide bonds. The zero-order valence-corrected chi connectivity index (χ0v) is 8.85. The van der Waals surface area contributed by atoms with Gasteiger partial charge in [-0.15, -0.1) is 0 Å². The predicted molar refractivity (Wildman–Crippen MR) is 59.6 cm³/mol. The first-order valence-electron chi connectivity index (χ1n) is 5.45. The molecule has 78 valence electrons. The Hall–Kier alpha value is -1.35. The molecule has 1 saturated carbocycles. The van der Waals surface area contributed by atoms with Gasteiger partial charge in [0.25, 0.3) is 0 Å². The lowest BCUT2D eigenvalue weighted by molar-refractivity contribution is 0.610. The van der Waals surface area contributed by atoms with Crippen molar-refractivity contribution in [3.8, 4) is 0 Å². The number of pyridine rings is 1. The van der Waals surface area contributed by atoms with Crippen LogP contribution in [0.4, 0.5) is 0 Å². The molecule has 1 unspecified atom stereocenters. The van der Waals surface area contributed by atoms with Crippen LogP contribution in [0.3, 0.4) is 0 Å². The van der Waals surface area contributed by atoms with Crippen LogP contribution < -0.4 is 5.73 Å². The van der Waals surface area contributed by atoms with Gasteiger partial charge in [0, 0.05) is 12.2 Å². The number of hydrogen-bond donors (Lipinski definition) is 1. The number of fused-ring (bicyclic) bond motifs is 1. The Bertz CT molecular complexity index is 497. The van der Waals surface area contributed by atoms with Gasteiger partial charge in [0.2, 0.25) is 0 Å². The molecule has 2 N–H and O–H groups in total. The van der Waals surface area contributed by atoms with E-state index in [0.29, 0.717) is 5.92 Å². The lowest BCUT2D eigenvalue weighted by Gasteiger charge is -2.09. The first-order chi connectivity index (χ1) is 7.25. The summed E-state index contributed by atoms with van der Waals surface area (Å²) in [7, 11) is 0. The number of nitrogens with zero attached hydrogens (tertiary/aromatic N) is 2. The molecule has 1 fully saturated rings. The van der Waals surface area contributed by atoms with E-state index < -0.39 is 0 Å². The third-order valence-electron chi connectivity index (χ3n) is 3.17. The van der Waals surface area contributed by atoms with Crippen molar-refractivity contribution in [2.24, 2.45) is 11.7 Å². The van der Waals surface area contributed by atoms with Crippen molar-refractivity contribution in [1.29, 1.82) is 0 Å². The highest BCUT2D eigenvalue weighted by atomic mass is 15.0. The van der Waals surface area contributed by atoms with Crippen LogP contribution in [0.25, 0.3) is 5.65 Å². The van der Waals surface area contributed by atoms with Crippen LogP contribution in [-0.2, 0) is 0 Å². The van der Waals surface area contributed by atoms with Gasteiger partial charge in [0.05, 0.1) is 11.9 Å². The first kappa shape index (κ1) is 8.92. The topological polar surface area (TPSA) is 43.3 Å². The van der Waals surface area contributed by atoms with Crippen molar-refractivity contribution in [3.63, 3.8) is 0 Å². The molecule has 0 aliphatic heterocycles. The van der Waals surface area contributed by atoms with Crippen molar-refractivity contribution in [2.45, 2.75) is 25.8 Å². The molecule has 3 heteroatoms. The molecular formula is C12H15N3. The quantitative estimate of drug-likeness (QED) is 0.808. The highest BCUT2D eigenvalue weighted by Gasteiger charge is 2.31. The lowest BCUT2D eigenvalue weighted by Crippen LogP contribution is -2.14. The van der Waals surface area contributed by atoms with Gasteiger partial charge in [-0.3, -0.25) is 0 Å². The van der Waals surface area contributed by atoms with E-state index in [1.165, 1.54) is 18.4 Å². The number of rotatable bonds is 2. The second kappa shape index (κ2) is 3.07. The minimum atomic E-state index is 0.155. The molecule has 2 aromatic heterocycles. The third-order valence-corrected chi connectivity index (χ3v) is 3.17. The van der Waals surface area contributed by atoms with E-state index in [1.54, 1.807) is 0 Å². The number of hydrogen-bond acceptors (Lipinski definition) is 2. The molecule has 0 saturated heterocycles. The fourth-order valence-electron chi connectivity index (χ4n) is 2.05. The lowest BCUT2D eigenvalue weighted by atomic mass is 10.1. The summed E-state index contributed by atoms with van der Waals surface area (Å²) < 4.78 is 2.11. The summed E-state index contributed by atoms with van der Waals surface area (Å²) >= 11 is 0. The van der Waals surface area contributed by atoms with Gasteiger partial charge in [0.15, 0.2) is 0 Å². The summed E-state index contributed by atoms with van der Waals surface area (Å²) in [4.78, 5) is 4.39. The second-order valence-electron chi connectivity index (χ2n) is 4.48. The fourth-order valence-corrected chi connectivity index (χ4v) is 2.05. The molecule has 1 aliphatic rings. The molecule has 1 aliphatic carbocycles. The molecule has 0 radical (unpaired) electrons. The van der Waals surface area contributed by atoms with E-state index >= 15 is 0 Å². The van der Waals surface area contributed by atoms with Crippen LogP contribution in [-0.4, -0.2) is 9.38 Å². The maximum absolute atomic E-state index is 6.19. The van der Waals surface area contributed by atoms with E-state index in [1.807, 2.05) is 6.20 Å². The van der Waals surface area contributed by atoms with Crippen LogP contribution in [0.5, 0.6) is 0 Å². The Morgan fingerprint density at radius 3 is 3.07 bits per heavy atom. The van der Waals surface area contributed by atoms with Gasteiger partial charge < -0.3 is 10.1 Å². The molecule has 1 atom stereocenters. The molecule has 15 heavy (non-hydrogen) atoms. The molecule has 0 aromatic carbocycles. The monoisotopic (exact) mass is 201 g/mol. The molecule has 0 bridgehead atoms. The molecule has 2 heterocycles. The summed E-state index contributed by atoms with van der Waals surface area (Å²) in [5.41, 5.74) is 9.57. The average Bonchev–Trinajstić information content (AvgIpc) is 2.98. The van der Waals surface area contributed by atoms with Gasteiger partial charge >= 0.3 is 0 Å². The number of aromatic nitrogens is 2. The largest absolute Gasteiger partial charge is 0.322 e. The van der Waals surface area contributed by atoms with E-state index in [-0.39, 0.29) is 6.04 Å². The Balaban J connectivity index is 2.10. The zero-order valence-electron chi connectivity index (χ0n) is 8.85.